The Morgan fingerprint density at radius 2 is 2.04 bits per heavy atom. The Labute approximate surface area is 141 Å². The predicted octanol–water partition coefficient (Wildman–Crippen LogP) is 1.01. The summed E-state index contributed by atoms with van der Waals surface area (Å²) in [7, 11) is 0. The standard InChI is InChI=1S/C16H25N3O3S/c1-16-8-7-14(21)19(16)12(10-23-16)15(22)17-9-13(20)18-11-5-3-2-4-6-11/h11-12H,2-10H2,1H3,(H,17,22)(H,18,20)/t12-,16+/m0/s1. The van der Waals surface area contributed by atoms with E-state index in [0.717, 1.165) is 32.1 Å². The zero-order valence-electron chi connectivity index (χ0n) is 13.6. The van der Waals surface area contributed by atoms with Crippen molar-refractivity contribution in [2.24, 2.45) is 0 Å². The summed E-state index contributed by atoms with van der Waals surface area (Å²) in [5, 5.41) is 5.69. The SMILES string of the molecule is C[C@@]12CCC(=O)N1[C@H](C(=O)NCC(=O)NC1CCCCC1)CS2. The van der Waals surface area contributed by atoms with Crippen LogP contribution in [-0.4, -0.2) is 51.9 Å². The maximum absolute atomic E-state index is 12.4. The zero-order chi connectivity index (χ0) is 16.4. The molecule has 0 aromatic heterocycles. The second kappa shape index (κ2) is 6.71. The van der Waals surface area contributed by atoms with E-state index in [2.05, 4.69) is 10.6 Å². The molecule has 23 heavy (non-hydrogen) atoms. The largest absolute Gasteiger partial charge is 0.352 e. The van der Waals surface area contributed by atoms with Gasteiger partial charge in [-0.15, -0.1) is 11.8 Å². The van der Waals surface area contributed by atoms with Crippen molar-refractivity contribution in [3.63, 3.8) is 0 Å². The van der Waals surface area contributed by atoms with E-state index in [9.17, 15) is 14.4 Å². The van der Waals surface area contributed by atoms with Gasteiger partial charge in [-0.05, 0) is 26.2 Å². The summed E-state index contributed by atoms with van der Waals surface area (Å²) in [5.74, 6) is 0.309. The smallest absolute Gasteiger partial charge is 0.244 e. The molecule has 3 amide bonds. The molecule has 0 bridgehead atoms. The van der Waals surface area contributed by atoms with Crippen LogP contribution >= 0.6 is 11.8 Å². The molecule has 2 saturated heterocycles. The Kier molecular flexibility index (Phi) is 4.85. The van der Waals surface area contributed by atoms with Gasteiger partial charge in [0, 0.05) is 18.2 Å². The molecule has 1 aliphatic carbocycles. The van der Waals surface area contributed by atoms with Crippen LogP contribution in [0.1, 0.15) is 51.9 Å². The second-order valence-electron chi connectivity index (χ2n) is 6.89. The van der Waals surface area contributed by atoms with Crippen molar-refractivity contribution in [1.29, 1.82) is 0 Å². The minimum absolute atomic E-state index is 0.00472. The molecule has 2 atom stereocenters. The highest BCUT2D eigenvalue weighted by Crippen LogP contribution is 2.47. The molecule has 3 fully saturated rings. The summed E-state index contributed by atoms with van der Waals surface area (Å²) in [6.45, 7) is 2.01. The fourth-order valence-corrected chi connectivity index (χ4v) is 5.26. The number of fused-ring (bicyclic) bond motifs is 1. The first-order valence-corrected chi connectivity index (χ1v) is 9.51. The number of nitrogens with zero attached hydrogens (tertiary/aromatic N) is 1. The van der Waals surface area contributed by atoms with E-state index in [1.54, 1.807) is 16.7 Å². The third-order valence-corrected chi connectivity index (χ3v) is 6.65. The van der Waals surface area contributed by atoms with E-state index >= 15 is 0 Å². The lowest BCUT2D eigenvalue weighted by molar-refractivity contribution is -0.138. The van der Waals surface area contributed by atoms with E-state index in [4.69, 9.17) is 0 Å². The fraction of sp³-hybridized carbons (Fsp3) is 0.812. The third-order valence-electron chi connectivity index (χ3n) is 5.14. The van der Waals surface area contributed by atoms with Crippen LogP contribution in [0.15, 0.2) is 0 Å². The van der Waals surface area contributed by atoms with Gasteiger partial charge in [-0.25, -0.2) is 0 Å². The van der Waals surface area contributed by atoms with Crippen molar-refractivity contribution < 1.29 is 14.4 Å². The van der Waals surface area contributed by atoms with Crippen molar-refractivity contribution >= 4 is 29.5 Å². The maximum Gasteiger partial charge on any atom is 0.244 e. The van der Waals surface area contributed by atoms with Crippen LogP contribution in [0.3, 0.4) is 0 Å². The molecule has 6 nitrogen and oxygen atoms in total. The van der Waals surface area contributed by atoms with E-state index in [-0.39, 0.29) is 35.2 Å². The molecule has 1 saturated carbocycles. The highest BCUT2D eigenvalue weighted by molar-refractivity contribution is 8.01. The minimum atomic E-state index is -0.442. The Hall–Kier alpha value is -1.24. The molecule has 3 aliphatic rings. The molecule has 0 radical (unpaired) electrons. The molecule has 0 aromatic rings. The molecule has 0 unspecified atom stereocenters. The summed E-state index contributed by atoms with van der Waals surface area (Å²) in [4.78, 5) is 37.8. The van der Waals surface area contributed by atoms with Crippen LogP contribution < -0.4 is 10.6 Å². The van der Waals surface area contributed by atoms with E-state index in [1.807, 2.05) is 6.92 Å². The zero-order valence-corrected chi connectivity index (χ0v) is 14.4. The molecule has 2 aliphatic heterocycles. The summed E-state index contributed by atoms with van der Waals surface area (Å²) in [6, 6.07) is -0.193. The Bertz CT molecular complexity index is 507. The van der Waals surface area contributed by atoms with Crippen LogP contribution in [0.4, 0.5) is 0 Å². The van der Waals surface area contributed by atoms with Gasteiger partial charge >= 0.3 is 0 Å². The molecule has 2 heterocycles. The number of nitrogens with one attached hydrogen (secondary N) is 2. The lowest BCUT2D eigenvalue weighted by Crippen LogP contribution is -2.52. The van der Waals surface area contributed by atoms with Crippen LogP contribution in [0.25, 0.3) is 0 Å². The van der Waals surface area contributed by atoms with Gasteiger partial charge < -0.3 is 15.5 Å². The number of carbonyl (C=O) groups excluding carboxylic acids is 3. The van der Waals surface area contributed by atoms with Gasteiger partial charge in [0.15, 0.2) is 0 Å². The van der Waals surface area contributed by atoms with Crippen molar-refractivity contribution in [1.82, 2.24) is 15.5 Å². The summed E-state index contributed by atoms with van der Waals surface area (Å²) in [5.41, 5.74) is 0. The number of rotatable bonds is 4. The van der Waals surface area contributed by atoms with Gasteiger partial charge in [0.2, 0.25) is 17.7 Å². The third kappa shape index (κ3) is 3.49. The van der Waals surface area contributed by atoms with Crippen LogP contribution in [0.5, 0.6) is 0 Å². The number of hydrogen-bond donors (Lipinski definition) is 2. The van der Waals surface area contributed by atoms with Crippen LogP contribution in [-0.2, 0) is 14.4 Å². The quantitative estimate of drug-likeness (QED) is 0.801. The van der Waals surface area contributed by atoms with Gasteiger partial charge in [0.25, 0.3) is 0 Å². The molecule has 7 heteroatoms. The first-order valence-electron chi connectivity index (χ1n) is 8.53. The lowest BCUT2D eigenvalue weighted by Gasteiger charge is -2.29. The average molecular weight is 339 g/mol. The van der Waals surface area contributed by atoms with E-state index < -0.39 is 6.04 Å². The van der Waals surface area contributed by atoms with E-state index in [0.29, 0.717) is 12.2 Å². The summed E-state index contributed by atoms with van der Waals surface area (Å²) < 4.78 is 0. The van der Waals surface area contributed by atoms with Gasteiger partial charge in [0.05, 0.1) is 11.4 Å². The predicted molar refractivity (Wildman–Crippen MR) is 88.8 cm³/mol. The molecule has 3 rings (SSSR count). The summed E-state index contributed by atoms with van der Waals surface area (Å²) >= 11 is 1.66. The molecular weight excluding hydrogens is 314 g/mol. The Balaban J connectivity index is 1.47. The second-order valence-corrected chi connectivity index (χ2v) is 8.39. The van der Waals surface area contributed by atoms with Crippen molar-refractivity contribution in [2.45, 2.75) is 68.8 Å². The van der Waals surface area contributed by atoms with Gasteiger partial charge in [-0.3, -0.25) is 14.4 Å². The maximum atomic E-state index is 12.4. The first-order chi connectivity index (χ1) is 11.0. The molecule has 0 spiro atoms. The van der Waals surface area contributed by atoms with E-state index in [1.165, 1.54) is 6.42 Å². The topological polar surface area (TPSA) is 78.5 Å². The highest BCUT2D eigenvalue weighted by atomic mass is 32.2. The first kappa shape index (κ1) is 16.6. The number of amides is 3. The van der Waals surface area contributed by atoms with Crippen LogP contribution in [0, 0.1) is 0 Å². The molecule has 2 N–H and O–H groups in total. The van der Waals surface area contributed by atoms with Crippen LogP contribution in [0.2, 0.25) is 0 Å². The van der Waals surface area contributed by atoms with Crippen molar-refractivity contribution in [3.05, 3.63) is 0 Å². The Morgan fingerprint density at radius 1 is 1.30 bits per heavy atom. The monoisotopic (exact) mass is 339 g/mol. The summed E-state index contributed by atoms with van der Waals surface area (Å²) in [6.07, 6.45) is 6.92. The van der Waals surface area contributed by atoms with Crippen molar-refractivity contribution in [2.75, 3.05) is 12.3 Å². The number of hydrogen-bond acceptors (Lipinski definition) is 4. The fourth-order valence-electron chi connectivity index (χ4n) is 3.83. The van der Waals surface area contributed by atoms with Gasteiger partial charge in [-0.2, -0.15) is 0 Å². The van der Waals surface area contributed by atoms with Gasteiger partial charge in [-0.1, -0.05) is 19.3 Å². The highest BCUT2D eigenvalue weighted by Gasteiger charge is 2.52. The normalized spacial score (nSPS) is 31.1. The minimum Gasteiger partial charge on any atom is -0.352 e. The molecule has 0 aromatic carbocycles. The molecular formula is C16H25N3O3S. The number of carbonyl (C=O) groups is 3. The average Bonchev–Trinajstić information content (AvgIpc) is 3.03. The number of thioether (sulfide) groups is 1. The Morgan fingerprint density at radius 3 is 2.78 bits per heavy atom. The van der Waals surface area contributed by atoms with Crippen molar-refractivity contribution in [3.8, 4) is 0 Å². The lowest BCUT2D eigenvalue weighted by atomic mass is 9.95. The molecule has 128 valence electrons. The van der Waals surface area contributed by atoms with Gasteiger partial charge in [0.1, 0.15) is 6.04 Å².